The van der Waals surface area contributed by atoms with E-state index >= 15 is 0 Å². The number of carbonyl (C=O) groups excluding carboxylic acids is 1. The van der Waals surface area contributed by atoms with E-state index < -0.39 is 0 Å². The number of rotatable bonds is 8. The first kappa shape index (κ1) is 20.6. The van der Waals surface area contributed by atoms with Crippen LogP contribution in [0.4, 0.5) is 0 Å². The highest BCUT2D eigenvalue weighted by molar-refractivity contribution is 5.76. The van der Waals surface area contributed by atoms with Gasteiger partial charge in [-0.25, -0.2) is 4.98 Å². The summed E-state index contributed by atoms with van der Waals surface area (Å²) in [5.74, 6) is 2.04. The van der Waals surface area contributed by atoms with Crippen molar-refractivity contribution in [2.45, 2.75) is 39.0 Å². The van der Waals surface area contributed by atoms with E-state index in [1.807, 2.05) is 42.5 Å². The van der Waals surface area contributed by atoms with Gasteiger partial charge in [-0.05, 0) is 23.1 Å². The van der Waals surface area contributed by atoms with Crippen LogP contribution in [0.3, 0.4) is 0 Å². The van der Waals surface area contributed by atoms with Crippen LogP contribution < -0.4 is 10.1 Å². The van der Waals surface area contributed by atoms with E-state index in [4.69, 9.17) is 9.15 Å². The lowest BCUT2D eigenvalue weighted by molar-refractivity contribution is -0.121. The number of hydrogen-bond donors (Lipinski definition) is 1. The number of hydrogen-bond acceptors (Lipinski definition) is 4. The second kappa shape index (κ2) is 9.41. The molecule has 3 rings (SSSR count). The highest BCUT2D eigenvalue weighted by Gasteiger charge is 2.13. The lowest BCUT2D eigenvalue weighted by atomic mass is 9.87. The average Bonchev–Trinajstić information content (AvgIpc) is 3.19. The number of oxazole rings is 1. The predicted molar refractivity (Wildman–Crippen MR) is 114 cm³/mol. The molecule has 0 unspecified atom stereocenters. The molecule has 0 fully saturated rings. The molecule has 5 heteroatoms. The largest absolute Gasteiger partial charge is 0.492 e. The van der Waals surface area contributed by atoms with Crippen molar-refractivity contribution < 1.29 is 13.9 Å². The van der Waals surface area contributed by atoms with Crippen molar-refractivity contribution in [2.24, 2.45) is 0 Å². The molecule has 0 saturated carbocycles. The minimum atomic E-state index is -0.0452. The third-order valence-corrected chi connectivity index (χ3v) is 4.59. The molecule has 1 N–H and O–H groups in total. The van der Waals surface area contributed by atoms with E-state index in [1.165, 1.54) is 5.56 Å². The Hall–Kier alpha value is -3.08. The summed E-state index contributed by atoms with van der Waals surface area (Å²) in [5.41, 5.74) is 2.36. The van der Waals surface area contributed by atoms with Gasteiger partial charge in [-0.1, -0.05) is 63.2 Å². The van der Waals surface area contributed by atoms with Crippen molar-refractivity contribution in [2.75, 3.05) is 13.2 Å². The van der Waals surface area contributed by atoms with Gasteiger partial charge in [0.1, 0.15) is 12.4 Å². The molecule has 3 aromatic rings. The standard InChI is InChI=1S/C24H28N2O3/c1-24(2,3)19-9-11-20(12-10-19)28-16-15-25-22(27)13-14-23-26-17-21(29-23)18-7-5-4-6-8-18/h4-12,17H,13-16H2,1-3H3,(H,25,27). The van der Waals surface area contributed by atoms with Crippen molar-refractivity contribution in [1.82, 2.24) is 10.3 Å². The van der Waals surface area contributed by atoms with Crippen molar-refractivity contribution in [3.8, 4) is 17.1 Å². The van der Waals surface area contributed by atoms with Crippen molar-refractivity contribution in [3.63, 3.8) is 0 Å². The second-order valence-electron chi connectivity index (χ2n) is 7.96. The molecule has 0 aliphatic heterocycles. The van der Waals surface area contributed by atoms with E-state index in [2.05, 4.69) is 43.2 Å². The first-order valence-electron chi connectivity index (χ1n) is 9.92. The number of carbonyl (C=O) groups is 1. The molecule has 1 aromatic heterocycles. The van der Waals surface area contributed by atoms with Crippen LogP contribution in [0.15, 0.2) is 65.2 Å². The summed E-state index contributed by atoms with van der Waals surface area (Å²) < 4.78 is 11.4. The summed E-state index contributed by atoms with van der Waals surface area (Å²) in [4.78, 5) is 16.3. The number of nitrogens with zero attached hydrogens (tertiary/aromatic N) is 1. The Labute approximate surface area is 172 Å². The fourth-order valence-electron chi connectivity index (χ4n) is 2.88. The van der Waals surface area contributed by atoms with Crippen LogP contribution in [0.2, 0.25) is 0 Å². The Bertz CT molecular complexity index is 909. The predicted octanol–water partition coefficient (Wildman–Crippen LogP) is 4.77. The number of nitrogens with one attached hydrogen (secondary N) is 1. The Morgan fingerprint density at radius 1 is 1.07 bits per heavy atom. The van der Waals surface area contributed by atoms with Crippen molar-refractivity contribution in [1.29, 1.82) is 0 Å². The van der Waals surface area contributed by atoms with Gasteiger partial charge in [-0.3, -0.25) is 4.79 Å². The fraction of sp³-hybridized carbons (Fsp3) is 0.333. The average molecular weight is 392 g/mol. The maximum absolute atomic E-state index is 12.0. The van der Waals surface area contributed by atoms with Crippen LogP contribution in [0.1, 0.15) is 38.6 Å². The zero-order chi connectivity index (χ0) is 20.7. The summed E-state index contributed by atoms with van der Waals surface area (Å²) >= 11 is 0. The first-order valence-corrected chi connectivity index (χ1v) is 9.92. The molecule has 29 heavy (non-hydrogen) atoms. The fourth-order valence-corrected chi connectivity index (χ4v) is 2.88. The zero-order valence-electron chi connectivity index (χ0n) is 17.3. The Kier molecular flexibility index (Phi) is 6.70. The van der Waals surface area contributed by atoms with E-state index in [9.17, 15) is 4.79 Å². The molecule has 0 radical (unpaired) electrons. The molecule has 0 saturated heterocycles. The summed E-state index contributed by atoms with van der Waals surface area (Å²) in [6, 6.07) is 17.9. The topological polar surface area (TPSA) is 64.4 Å². The number of ether oxygens (including phenoxy) is 1. The minimum Gasteiger partial charge on any atom is -0.492 e. The van der Waals surface area contributed by atoms with E-state index in [1.54, 1.807) is 6.20 Å². The Morgan fingerprint density at radius 2 is 1.79 bits per heavy atom. The van der Waals surface area contributed by atoms with Gasteiger partial charge in [0.25, 0.3) is 0 Å². The van der Waals surface area contributed by atoms with Crippen LogP contribution in [0, 0.1) is 0 Å². The smallest absolute Gasteiger partial charge is 0.220 e. The van der Waals surface area contributed by atoms with E-state index in [-0.39, 0.29) is 11.3 Å². The zero-order valence-corrected chi connectivity index (χ0v) is 17.3. The van der Waals surface area contributed by atoms with Gasteiger partial charge in [0.05, 0.1) is 12.7 Å². The SMILES string of the molecule is CC(C)(C)c1ccc(OCCNC(=O)CCc2ncc(-c3ccccc3)o2)cc1. The molecule has 152 valence electrons. The number of aromatic nitrogens is 1. The van der Waals surface area contributed by atoms with Crippen molar-refractivity contribution >= 4 is 5.91 Å². The number of aryl methyl sites for hydroxylation is 1. The molecular weight excluding hydrogens is 364 g/mol. The summed E-state index contributed by atoms with van der Waals surface area (Å²) in [7, 11) is 0. The summed E-state index contributed by atoms with van der Waals surface area (Å²) in [6.07, 6.45) is 2.49. The maximum atomic E-state index is 12.0. The molecule has 0 spiro atoms. The lowest BCUT2D eigenvalue weighted by Gasteiger charge is -2.19. The first-order chi connectivity index (χ1) is 13.9. The molecule has 0 aliphatic carbocycles. The lowest BCUT2D eigenvalue weighted by Crippen LogP contribution is -2.28. The van der Waals surface area contributed by atoms with Gasteiger partial charge in [-0.15, -0.1) is 0 Å². The van der Waals surface area contributed by atoms with Gasteiger partial charge < -0.3 is 14.5 Å². The van der Waals surface area contributed by atoms with Gasteiger partial charge in [-0.2, -0.15) is 0 Å². The normalized spacial score (nSPS) is 11.3. The van der Waals surface area contributed by atoms with Crippen LogP contribution in [-0.2, 0) is 16.6 Å². The van der Waals surface area contributed by atoms with Crippen LogP contribution in [0.5, 0.6) is 5.75 Å². The van der Waals surface area contributed by atoms with Crippen molar-refractivity contribution in [3.05, 3.63) is 72.2 Å². The molecule has 0 aliphatic rings. The van der Waals surface area contributed by atoms with Gasteiger partial charge in [0.2, 0.25) is 5.91 Å². The third kappa shape index (κ3) is 6.21. The van der Waals surface area contributed by atoms with Crippen LogP contribution in [-0.4, -0.2) is 24.0 Å². The molecule has 2 aromatic carbocycles. The van der Waals surface area contributed by atoms with Crippen LogP contribution in [0.25, 0.3) is 11.3 Å². The quantitative estimate of drug-likeness (QED) is 0.561. The van der Waals surface area contributed by atoms with Gasteiger partial charge in [0.15, 0.2) is 11.7 Å². The maximum Gasteiger partial charge on any atom is 0.220 e. The highest BCUT2D eigenvalue weighted by atomic mass is 16.5. The highest BCUT2D eigenvalue weighted by Crippen LogP contribution is 2.24. The monoisotopic (exact) mass is 392 g/mol. The minimum absolute atomic E-state index is 0.0452. The molecule has 0 atom stereocenters. The van der Waals surface area contributed by atoms with Gasteiger partial charge in [0, 0.05) is 18.4 Å². The summed E-state index contributed by atoms with van der Waals surface area (Å²) in [5, 5.41) is 2.86. The molecular formula is C24H28N2O3. The Morgan fingerprint density at radius 3 is 2.48 bits per heavy atom. The summed E-state index contributed by atoms with van der Waals surface area (Å²) in [6.45, 7) is 7.43. The third-order valence-electron chi connectivity index (χ3n) is 4.59. The van der Waals surface area contributed by atoms with Gasteiger partial charge >= 0.3 is 0 Å². The molecule has 5 nitrogen and oxygen atoms in total. The molecule has 1 amide bonds. The van der Waals surface area contributed by atoms with E-state index in [0.717, 1.165) is 11.3 Å². The number of benzene rings is 2. The number of amides is 1. The van der Waals surface area contributed by atoms with E-state index in [0.29, 0.717) is 37.6 Å². The second-order valence-corrected chi connectivity index (χ2v) is 7.96. The Balaban J connectivity index is 1.36. The molecule has 0 bridgehead atoms. The molecule has 1 heterocycles. The van der Waals surface area contributed by atoms with Crippen LogP contribution >= 0.6 is 0 Å².